The molecule has 0 spiro atoms. The molecule has 0 amide bonds. The van der Waals surface area contributed by atoms with Crippen molar-refractivity contribution >= 4 is 13.9 Å². The normalized spacial score (nSPS) is 12.9. The van der Waals surface area contributed by atoms with E-state index in [2.05, 4.69) is 0 Å². The Morgan fingerprint density at radius 1 is 0.960 bits per heavy atom. The van der Waals surface area contributed by atoms with E-state index in [0.717, 1.165) is 11.1 Å². The molecule has 0 radical (unpaired) electrons. The highest BCUT2D eigenvalue weighted by Gasteiger charge is 2.38. The number of alkyl halides is 3. The molecule has 2 aromatic rings. The minimum atomic E-state index is -4.38. The van der Waals surface area contributed by atoms with E-state index in [9.17, 15) is 18.3 Å². The Labute approximate surface area is 149 Å². The van der Waals surface area contributed by atoms with E-state index in [-0.39, 0.29) is 14.3 Å². The summed E-state index contributed by atoms with van der Waals surface area (Å²) in [5.41, 5.74) is 1.51. The van der Waals surface area contributed by atoms with Gasteiger partial charge in [-0.05, 0) is 43.6 Å². The lowest BCUT2D eigenvalue weighted by Crippen LogP contribution is -2.25. The number of benzene rings is 2. The molecule has 0 fully saturated rings. The van der Waals surface area contributed by atoms with Crippen LogP contribution in [-0.4, -0.2) is 5.11 Å². The fraction of sp³-hybridized carbons (Fsp3) is 0.400. The van der Waals surface area contributed by atoms with Crippen molar-refractivity contribution in [1.29, 1.82) is 0 Å². The summed E-state index contributed by atoms with van der Waals surface area (Å²) in [4.78, 5) is 0. The summed E-state index contributed by atoms with van der Waals surface area (Å²) in [6, 6.07) is 10.0. The monoisotopic (exact) mass is 368 g/mol. The van der Waals surface area contributed by atoms with Crippen LogP contribution in [0.5, 0.6) is 5.75 Å². The lowest BCUT2D eigenvalue weighted by atomic mass is 9.90. The number of halogens is 3. The van der Waals surface area contributed by atoms with Gasteiger partial charge in [0.2, 0.25) is 0 Å². The van der Waals surface area contributed by atoms with E-state index >= 15 is 0 Å². The molecule has 1 atom stereocenters. The summed E-state index contributed by atoms with van der Waals surface area (Å²) in [5, 5.41) is 10.3. The molecule has 1 N–H and O–H groups in total. The standard InChI is InChI=1S/C20H24F3OP/c1-5-19(6-2,15-9-7-8-14(4)18(15)24)25-17-11-10-13(3)12-16(17)20(21,22)23/h7-12,24-25H,5-6H2,1-4H3. The Bertz CT molecular complexity index is 749. The lowest BCUT2D eigenvalue weighted by Gasteiger charge is -2.34. The fourth-order valence-electron chi connectivity index (χ4n) is 3.18. The van der Waals surface area contributed by atoms with Crippen LogP contribution in [0.4, 0.5) is 13.2 Å². The summed E-state index contributed by atoms with van der Waals surface area (Å²) in [6.07, 6.45) is -3.06. The van der Waals surface area contributed by atoms with Gasteiger partial charge in [-0.15, -0.1) is 0 Å². The third kappa shape index (κ3) is 4.00. The molecule has 0 aliphatic carbocycles. The van der Waals surface area contributed by atoms with Gasteiger partial charge in [-0.3, -0.25) is 0 Å². The first-order chi connectivity index (χ1) is 11.6. The van der Waals surface area contributed by atoms with Gasteiger partial charge < -0.3 is 5.11 Å². The average Bonchev–Trinajstić information content (AvgIpc) is 2.56. The molecular formula is C20H24F3OP. The highest BCUT2D eigenvalue weighted by atomic mass is 31.1. The van der Waals surface area contributed by atoms with Crippen molar-refractivity contribution in [1.82, 2.24) is 0 Å². The van der Waals surface area contributed by atoms with Gasteiger partial charge in [0.1, 0.15) is 5.75 Å². The quantitative estimate of drug-likeness (QED) is 0.637. The molecule has 0 bridgehead atoms. The van der Waals surface area contributed by atoms with Crippen LogP contribution < -0.4 is 5.30 Å². The number of phenolic OH excluding ortho intramolecular Hbond substituents is 1. The summed E-state index contributed by atoms with van der Waals surface area (Å²) in [7, 11) is -0.0752. The van der Waals surface area contributed by atoms with Crippen LogP contribution in [0.3, 0.4) is 0 Å². The fourth-order valence-corrected chi connectivity index (χ4v) is 4.90. The molecule has 0 saturated carbocycles. The highest BCUT2D eigenvalue weighted by Crippen LogP contribution is 2.51. The summed E-state index contributed by atoms with van der Waals surface area (Å²) in [5.74, 6) is 0.194. The number of aromatic hydroxyl groups is 1. The van der Waals surface area contributed by atoms with Crippen LogP contribution in [0.25, 0.3) is 0 Å². The number of rotatable bonds is 5. The van der Waals surface area contributed by atoms with E-state index in [4.69, 9.17) is 0 Å². The molecule has 2 rings (SSSR count). The Morgan fingerprint density at radius 3 is 2.16 bits per heavy atom. The predicted octanol–water partition coefficient (Wildman–Crippen LogP) is 6.05. The number of aryl methyl sites for hydroxylation is 2. The van der Waals surface area contributed by atoms with E-state index < -0.39 is 16.9 Å². The summed E-state index contributed by atoms with van der Waals surface area (Å²) in [6.45, 7) is 7.42. The van der Waals surface area contributed by atoms with Gasteiger partial charge in [-0.1, -0.05) is 58.3 Å². The van der Waals surface area contributed by atoms with Crippen LogP contribution in [0.2, 0.25) is 0 Å². The zero-order valence-electron chi connectivity index (χ0n) is 15.0. The average molecular weight is 368 g/mol. The molecule has 0 saturated heterocycles. The Kier molecular flexibility index (Phi) is 5.83. The minimum Gasteiger partial charge on any atom is -0.507 e. The van der Waals surface area contributed by atoms with Crippen LogP contribution in [0.15, 0.2) is 36.4 Å². The maximum absolute atomic E-state index is 13.5. The van der Waals surface area contributed by atoms with Crippen molar-refractivity contribution in [3.05, 3.63) is 58.7 Å². The number of hydrogen-bond acceptors (Lipinski definition) is 1. The summed E-state index contributed by atoms with van der Waals surface area (Å²) < 4.78 is 40.5. The highest BCUT2D eigenvalue weighted by molar-refractivity contribution is 7.48. The molecule has 25 heavy (non-hydrogen) atoms. The van der Waals surface area contributed by atoms with E-state index in [1.165, 1.54) is 6.07 Å². The Balaban J connectivity index is 2.60. The largest absolute Gasteiger partial charge is 0.507 e. The summed E-state index contributed by atoms with van der Waals surface area (Å²) >= 11 is 0. The third-order valence-electron chi connectivity index (χ3n) is 4.81. The molecular weight excluding hydrogens is 344 g/mol. The molecule has 136 valence electrons. The number of para-hydroxylation sites is 1. The predicted molar refractivity (Wildman–Crippen MR) is 99.2 cm³/mol. The second-order valence-electron chi connectivity index (χ2n) is 6.43. The van der Waals surface area contributed by atoms with Crippen LogP contribution >= 0.6 is 8.58 Å². The third-order valence-corrected chi connectivity index (χ3v) is 6.98. The molecule has 5 heteroatoms. The molecule has 0 heterocycles. The van der Waals surface area contributed by atoms with Gasteiger partial charge in [-0.25, -0.2) is 0 Å². The van der Waals surface area contributed by atoms with Crippen LogP contribution in [0.1, 0.15) is 48.9 Å². The van der Waals surface area contributed by atoms with E-state index in [0.29, 0.717) is 23.7 Å². The first-order valence-electron chi connectivity index (χ1n) is 8.39. The first kappa shape index (κ1) is 19.8. The van der Waals surface area contributed by atoms with Crippen LogP contribution in [0, 0.1) is 13.8 Å². The van der Waals surface area contributed by atoms with Gasteiger partial charge in [0.25, 0.3) is 0 Å². The Hall–Kier alpha value is -1.54. The van der Waals surface area contributed by atoms with E-state index in [1.807, 2.05) is 39.0 Å². The molecule has 2 aromatic carbocycles. The number of phenols is 1. The Morgan fingerprint density at radius 2 is 1.60 bits per heavy atom. The maximum Gasteiger partial charge on any atom is 0.417 e. The van der Waals surface area contributed by atoms with Crippen molar-refractivity contribution in [2.75, 3.05) is 0 Å². The minimum absolute atomic E-state index is 0.0752. The maximum atomic E-state index is 13.5. The number of hydrogen-bond donors (Lipinski definition) is 1. The lowest BCUT2D eigenvalue weighted by molar-refractivity contribution is -0.136. The van der Waals surface area contributed by atoms with Gasteiger partial charge in [-0.2, -0.15) is 13.2 Å². The molecule has 1 nitrogen and oxygen atoms in total. The first-order valence-corrected chi connectivity index (χ1v) is 9.39. The second-order valence-corrected chi connectivity index (χ2v) is 8.18. The van der Waals surface area contributed by atoms with Gasteiger partial charge in [0.15, 0.2) is 0 Å². The van der Waals surface area contributed by atoms with Crippen LogP contribution in [-0.2, 0) is 11.3 Å². The molecule has 0 aliphatic heterocycles. The van der Waals surface area contributed by atoms with Crippen molar-refractivity contribution in [3.8, 4) is 5.75 Å². The second kappa shape index (κ2) is 7.37. The smallest absolute Gasteiger partial charge is 0.417 e. The molecule has 0 aromatic heterocycles. The van der Waals surface area contributed by atoms with Crippen molar-refractivity contribution in [2.24, 2.45) is 0 Å². The molecule has 0 aliphatic rings. The van der Waals surface area contributed by atoms with Gasteiger partial charge in [0.05, 0.1) is 5.56 Å². The van der Waals surface area contributed by atoms with Crippen molar-refractivity contribution < 1.29 is 18.3 Å². The van der Waals surface area contributed by atoms with Crippen molar-refractivity contribution in [3.63, 3.8) is 0 Å². The topological polar surface area (TPSA) is 20.2 Å². The SMILES string of the molecule is CCC(CC)(Pc1ccc(C)cc1C(F)(F)F)c1cccc(C)c1O. The van der Waals surface area contributed by atoms with Gasteiger partial charge in [0, 0.05) is 10.7 Å². The van der Waals surface area contributed by atoms with E-state index in [1.54, 1.807) is 19.1 Å². The zero-order valence-corrected chi connectivity index (χ0v) is 16.0. The zero-order chi connectivity index (χ0) is 18.8. The van der Waals surface area contributed by atoms with Gasteiger partial charge >= 0.3 is 6.18 Å². The van der Waals surface area contributed by atoms with Crippen molar-refractivity contribution in [2.45, 2.75) is 51.9 Å². The molecule has 1 unspecified atom stereocenters.